The van der Waals surface area contributed by atoms with Gasteiger partial charge in [0.1, 0.15) is 5.76 Å². The van der Waals surface area contributed by atoms with Crippen LogP contribution in [0.15, 0.2) is 27.3 Å². The van der Waals surface area contributed by atoms with Crippen molar-refractivity contribution in [3.63, 3.8) is 0 Å². The molecular weight excluding hydrogens is 340 g/mol. The molecule has 0 radical (unpaired) electrons. The van der Waals surface area contributed by atoms with Crippen molar-refractivity contribution in [1.29, 1.82) is 0 Å². The van der Waals surface area contributed by atoms with Crippen LogP contribution >= 0.6 is 15.9 Å². The Labute approximate surface area is 131 Å². The Morgan fingerprint density at radius 2 is 2.10 bits per heavy atom. The van der Waals surface area contributed by atoms with E-state index >= 15 is 0 Å². The lowest BCUT2D eigenvalue weighted by molar-refractivity contribution is -0.138. The minimum Gasteiger partial charge on any atom is -0.480 e. The Hall–Kier alpha value is -1.60. The summed E-state index contributed by atoms with van der Waals surface area (Å²) in [5, 5.41) is 8.80. The van der Waals surface area contributed by atoms with Crippen molar-refractivity contribution in [3.05, 3.63) is 28.6 Å². The minimum atomic E-state index is -0.835. The van der Waals surface area contributed by atoms with E-state index in [4.69, 9.17) is 9.52 Å². The monoisotopic (exact) mass is 356 g/mol. The fraction of sp³-hybridized carbons (Fsp3) is 0.429. The Kier molecular flexibility index (Phi) is 5.58. The highest BCUT2D eigenvalue weighted by molar-refractivity contribution is 9.10. The van der Waals surface area contributed by atoms with Crippen LogP contribution < -0.4 is 0 Å². The Balaban J connectivity index is 1.88. The molecule has 1 amide bonds. The number of aliphatic carboxylic acids is 1. The van der Waals surface area contributed by atoms with E-state index in [0.29, 0.717) is 36.6 Å². The highest BCUT2D eigenvalue weighted by atomic mass is 79.9. The van der Waals surface area contributed by atoms with Crippen LogP contribution in [0.4, 0.5) is 0 Å². The molecule has 1 aromatic rings. The summed E-state index contributed by atoms with van der Waals surface area (Å²) >= 11 is 3.20. The van der Waals surface area contributed by atoms with E-state index in [1.54, 1.807) is 23.1 Å². The van der Waals surface area contributed by atoms with E-state index in [0.717, 1.165) is 6.42 Å². The zero-order valence-corrected chi connectivity index (χ0v) is 13.1. The fourth-order valence-electron chi connectivity index (χ4n) is 2.22. The van der Waals surface area contributed by atoms with Crippen LogP contribution in [0.1, 0.15) is 12.2 Å². The summed E-state index contributed by atoms with van der Waals surface area (Å²) in [5.74, 6) is -0.310. The predicted molar refractivity (Wildman–Crippen MR) is 80.7 cm³/mol. The van der Waals surface area contributed by atoms with Gasteiger partial charge in [-0.2, -0.15) is 0 Å². The van der Waals surface area contributed by atoms with Gasteiger partial charge in [-0.05, 0) is 40.6 Å². The second-order valence-electron chi connectivity index (χ2n) is 4.82. The molecule has 1 saturated heterocycles. The molecule has 0 bridgehead atoms. The zero-order chi connectivity index (χ0) is 15.2. The molecule has 1 aliphatic rings. The van der Waals surface area contributed by atoms with Gasteiger partial charge in [0, 0.05) is 32.3 Å². The highest BCUT2D eigenvalue weighted by Crippen LogP contribution is 2.15. The van der Waals surface area contributed by atoms with Crippen LogP contribution in [0.2, 0.25) is 0 Å². The average Bonchev–Trinajstić information content (AvgIpc) is 2.70. The number of carboxylic acid groups (broad SMARTS) is 1. The van der Waals surface area contributed by atoms with Crippen LogP contribution in [0.25, 0.3) is 6.08 Å². The number of nitrogens with zero attached hydrogens (tertiary/aromatic N) is 2. The van der Waals surface area contributed by atoms with Crippen molar-refractivity contribution < 1.29 is 19.1 Å². The molecule has 1 aliphatic heterocycles. The quantitative estimate of drug-likeness (QED) is 0.830. The van der Waals surface area contributed by atoms with Crippen LogP contribution in [0.3, 0.4) is 0 Å². The lowest BCUT2D eigenvalue weighted by Crippen LogP contribution is -2.36. The maximum atomic E-state index is 12.1. The molecule has 0 aliphatic carbocycles. The second kappa shape index (κ2) is 7.42. The van der Waals surface area contributed by atoms with E-state index in [1.165, 1.54) is 6.08 Å². The highest BCUT2D eigenvalue weighted by Gasteiger charge is 2.18. The van der Waals surface area contributed by atoms with Gasteiger partial charge in [0.2, 0.25) is 5.91 Å². The zero-order valence-electron chi connectivity index (χ0n) is 11.5. The molecule has 114 valence electrons. The molecule has 0 unspecified atom stereocenters. The van der Waals surface area contributed by atoms with E-state index in [-0.39, 0.29) is 12.5 Å². The van der Waals surface area contributed by atoms with E-state index in [9.17, 15) is 9.59 Å². The summed E-state index contributed by atoms with van der Waals surface area (Å²) in [5.41, 5.74) is 0. The van der Waals surface area contributed by atoms with Crippen molar-refractivity contribution in [2.24, 2.45) is 0 Å². The maximum Gasteiger partial charge on any atom is 0.317 e. The van der Waals surface area contributed by atoms with Crippen LogP contribution in [-0.4, -0.2) is 59.5 Å². The van der Waals surface area contributed by atoms with Crippen LogP contribution in [0, 0.1) is 0 Å². The number of carbonyl (C=O) groups excluding carboxylic acids is 1. The summed E-state index contributed by atoms with van der Waals surface area (Å²) in [7, 11) is 0. The Bertz CT molecular complexity index is 541. The number of carbonyl (C=O) groups is 2. The van der Waals surface area contributed by atoms with Gasteiger partial charge in [-0.15, -0.1) is 0 Å². The van der Waals surface area contributed by atoms with Crippen molar-refractivity contribution in [2.75, 3.05) is 32.7 Å². The third-order valence-electron chi connectivity index (χ3n) is 3.24. The standard InChI is InChI=1S/C14H17BrN2O4/c15-12-4-2-11(21-12)3-5-13(18)17-7-1-6-16(8-9-17)10-14(19)20/h2-5H,1,6-10H2,(H,19,20). The summed E-state index contributed by atoms with van der Waals surface area (Å²) in [6.45, 7) is 2.49. The van der Waals surface area contributed by atoms with Crippen molar-refractivity contribution in [3.8, 4) is 0 Å². The number of halogens is 1. The molecule has 7 heteroatoms. The number of amides is 1. The molecule has 21 heavy (non-hydrogen) atoms. The lowest BCUT2D eigenvalue weighted by atomic mass is 10.3. The first-order valence-electron chi connectivity index (χ1n) is 6.71. The van der Waals surface area contributed by atoms with E-state index in [2.05, 4.69) is 15.9 Å². The SMILES string of the molecule is O=C(O)CN1CCCN(C(=O)C=Cc2ccc(Br)o2)CC1. The molecular formula is C14H17BrN2O4. The van der Waals surface area contributed by atoms with Crippen molar-refractivity contribution in [2.45, 2.75) is 6.42 Å². The van der Waals surface area contributed by atoms with Gasteiger partial charge in [0.15, 0.2) is 4.67 Å². The second-order valence-corrected chi connectivity index (χ2v) is 5.61. The van der Waals surface area contributed by atoms with E-state index < -0.39 is 5.97 Å². The van der Waals surface area contributed by atoms with Gasteiger partial charge in [0.25, 0.3) is 0 Å². The van der Waals surface area contributed by atoms with Gasteiger partial charge in [-0.3, -0.25) is 14.5 Å². The summed E-state index contributed by atoms with van der Waals surface area (Å²) < 4.78 is 5.91. The first kappa shape index (κ1) is 15.8. The Morgan fingerprint density at radius 3 is 2.76 bits per heavy atom. The van der Waals surface area contributed by atoms with Crippen molar-refractivity contribution >= 4 is 33.9 Å². The molecule has 0 aromatic carbocycles. The first-order chi connectivity index (χ1) is 10.0. The largest absolute Gasteiger partial charge is 0.480 e. The lowest BCUT2D eigenvalue weighted by Gasteiger charge is -2.19. The van der Waals surface area contributed by atoms with Gasteiger partial charge in [0.05, 0.1) is 6.54 Å². The van der Waals surface area contributed by atoms with Gasteiger partial charge >= 0.3 is 5.97 Å². The summed E-state index contributed by atoms with van der Waals surface area (Å²) in [6.07, 6.45) is 3.89. The number of furan rings is 1. The molecule has 1 aromatic heterocycles. The third-order valence-corrected chi connectivity index (χ3v) is 3.67. The minimum absolute atomic E-state index is 0.0261. The first-order valence-corrected chi connectivity index (χ1v) is 7.50. The molecule has 0 saturated carbocycles. The normalized spacial score (nSPS) is 17.1. The number of hydrogen-bond acceptors (Lipinski definition) is 4. The smallest absolute Gasteiger partial charge is 0.317 e. The molecule has 0 spiro atoms. The number of carboxylic acids is 1. The Morgan fingerprint density at radius 1 is 1.29 bits per heavy atom. The molecule has 1 fully saturated rings. The molecule has 6 nitrogen and oxygen atoms in total. The van der Waals surface area contributed by atoms with E-state index in [1.807, 2.05) is 4.90 Å². The average molecular weight is 357 g/mol. The predicted octanol–water partition coefficient (Wildman–Crippen LogP) is 1.67. The third kappa shape index (κ3) is 5.02. The number of hydrogen-bond donors (Lipinski definition) is 1. The number of rotatable bonds is 4. The fourth-order valence-corrected chi connectivity index (χ4v) is 2.54. The molecule has 2 rings (SSSR count). The molecule has 1 N–H and O–H groups in total. The van der Waals surface area contributed by atoms with Gasteiger partial charge in [-0.25, -0.2) is 0 Å². The summed E-state index contributed by atoms with van der Waals surface area (Å²) in [4.78, 5) is 26.4. The topological polar surface area (TPSA) is 74.0 Å². The van der Waals surface area contributed by atoms with Gasteiger partial charge in [-0.1, -0.05) is 0 Å². The molecule has 2 heterocycles. The van der Waals surface area contributed by atoms with Crippen molar-refractivity contribution in [1.82, 2.24) is 9.80 Å². The van der Waals surface area contributed by atoms with Crippen LogP contribution in [-0.2, 0) is 9.59 Å². The maximum absolute atomic E-state index is 12.1. The van der Waals surface area contributed by atoms with Crippen LogP contribution in [0.5, 0.6) is 0 Å². The van der Waals surface area contributed by atoms with Gasteiger partial charge < -0.3 is 14.4 Å². The molecule has 0 atom stereocenters. The summed E-state index contributed by atoms with van der Waals surface area (Å²) in [6, 6.07) is 3.53.